The van der Waals surface area contributed by atoms with Crippen molar-refractivity contribution in [2.24, 2.45) is 0 Å². The minimum absolute atomic E-state index is 0.521. The highest BCUT2D eigenvalue weighted by atomic mass is 16.5. The van der Waals surface area contributed by atoms with Crippen molar-refractivity contribution < 1.29 is 4.74 Å². The van der Waals surface area contributed by atoms with Crippen LogP contribution in [0.1, 0.15) is 49.3 Å². The zero-order valence-electron chi connectivity index (χ0n) is 11.5. The monoisotopic (exact) mass is 232 g/mol. The van der Waals surface area contributed by atoms with Gasteiger partial charge in [0.2, 0.25) is 0 Å². The van der Waals surface area contributed by atoms with Crippen LogP contribution in [0.5, 0.6) is 5.75 Å². The molecule has 1 aromatic carbocycles. The van der Waals surface area contributed by atoms with Crippen LogP contribution < -0.4 is 4.74 Å². The van der Waals surface area contributed by atoms with Crippen LogP contribution in [-0.4, -0.2) is 6.61 Å². The van der Waals surface area contributed by atoms with E-state index in [0.717, 1.165) is 25.2 Å². The zero-order valence-corrected chi connectivity index (χ0v) is 11.5. The van der Waals surface area contributed by atoms with Crippen molar-refractivity contribution in [3.63, 3.8) is 0 Å². The molecule has 0 aliphatic rings. The predicted molar refractivity (Wildman–Crippen MR) is 74.9 cm³/mol. The van der Waals surface area contributed by atoms with Gasteiger partial charge < -0.3 is 4.74 Å². The molecular weight excluding hydrogens is 208 g/mol. The second kappa shape index (κ2) is 6.48. The number of benzene rings is 1. The third-order valence-electron chi connectivity index (χ3n) is 3.12. The normalized spacial score (nSPS) is 12.2. The molecule has 17 heavy (non-hydrogen) atoms. The van der Waals surface area contributed by atoms with Crippen LogP contribution in [0.25, 0.3) is 0 Å². The first-order valence-electron chi connectivity index (χ1n) is 6.48. The Morgan fingerprint density at radius 3 is 2.53 bits per heavy atom. The topological polar surface area (TPSA) is 9.23 Å². The van der Waals surface area contributed by atoms with Gasteiger partial charge in [0.25, 0.3) is 0 Å². The van der Waals surface area contributed by atoms with Gasteiger partial charge in [0, 0.05) is 0 Å². The van der Waals surface area contributed by atoms with Crippen molar-refractivity contribution in [1.29, 1.82) is 0 Å². The number of rotatable bonds is 6. The Labute approximate surface area is 106 Å². The highest BCUT2D eigenvalue weighted by Gasteiger charge is 2.15. The Morgan fingerprint density at radius 1 is 1.29 bits per heavy atom. The summed E-state index contributed by atoms with van der Waals surface area (Å²) in [6, 6.07) is 4.45. The SMILES string of the molecule is C=CCC(CC)c1cc(C)cc(C)c1OCC. The summed E-state index contributed by atoms with van der Waals surface area (Å²) in [4.78, 5) is 0. The van der Waals surface area contributed by atoms with Crippen LogP contribution in [0.4, 0.5) is 0 Å². The molecule has 0 aromatic heterocycles. The third kappa shape index (κ3) is 3.36. The van der Waals surface area contributed by atoms with Gasteiger partial charge in [0.1, 0.15) is 5.75 Å². The van der Waals surface area contributed by atoms with Gasteiger partial charge in [-0.15, -0.1) is 6.58 Å². The van der Waals surface area contributed by atoms with Crippen molar-refractivity contribution in [3.8, 4) is 5.75 Å². The first-order valence-corrected chi connectivity index (χ1v) is 6.48. The van der Waals surface area contributed by atoms with E-state index in [1.807, 2.05) is 13.0 Å². The van der Waals surface area contributed by atoms with Crippen molar-refractivity contribution >= 4 is 0 Å². The van der Waals surface area contributed by atoms with Crippen molar-refractivity contribution in [1.82, 2.24) is 0 Å². The molecule has 0 bridgehead atoms. The van der Waals surface area contributed by atoms with Crippen LogP contribution in [0, 0.1) is 13.8 Å². The number of ether oxygens (including phenoxy) is 1. The predicted octanol–water partition coefficient (Wildman–Crippen LogP) is 4.77. The zero-order chi connectivity index (χ0) is 12.8. The average Bonchev–Trinajstić information content (AvgIpc) is 2.29. The van der Waals surface area contributed by atoms with E-state index in [-0.39, 0.29) is 0 Å². The molecule has 1 heteroatoms. The summed E-state index contributed by atoms with van der Waals surface area (Å²) >= 11 is 0. The molecular formula is C16H24O. The number of allylic oxidation sites excluding steroid dienone is 1. The van der Waals surface area contributed by atoms with Gasteiger partial charge in [-0.3, -0.25) is 0 Å². The molecule has 0 amide bonds. The van der Waals surface area contributed by atoms with E-state index >= 15 is 0 Å². The fourth-order valence-electron chi connectivity index (χ4n) is 2.35. The summed E-state index contributed by atoms with van der Waals surface area (Å²) in [5.41, 5.74) is 3.89. The minimum Gasteiger partial charge on any atom is -0.493 e. The number of hydrogen-bond donors (Lipinski definition) is 0. The molecule has 1 aromatic rings. The largest absolute Gasteiger partial charge is 0.493 e. The van der Waals surface area contributed by atoms with Crippen LogP contribution in [-0.2, 0) is 0 Å². The van der Waals surface area contributed by atoms with Gasteiger partial charge in [-0.05, 0) is 50.7 Å². The lowest BCUT2D eigenvalue weighted by Gasteiger charge is -2.20. The molecule has 0 fully saturated rings. The second-order valence-corrected chi connectivity index (χ2v) is 4.56. The van der Waals surface area contributed by atoms with E-state index in [1.54, 1.807) is 0 Å². The van der Waals surface area contributed by atoms with Crippen molar-refractivity contribution in [2.75, 3.05) is 6.61 Å². The van der Waals surface area contributed by atoms with Crippen LogP contribution >= 0.6 is 0 Å². The van der Waals surface area contributed by atoms with E-state index in [4.69, 9.17) is 4.74 Å². The molecule has 1 atom stereocenters. The molecule has 94 valence electrons. The molecule has 0 aliphatic carbocycles. The molecule has 0 radical (unpaired) electrons. The van der Waals surface area contributed by atoms with Gasteiger partial charge >= 0.3 is 0 Å². The Balaban J connectivity index is 3.21. The maximum Gasteiger partial charge on any atom is 0.125 e. The Bertz CT molecular complexity index is 379. The summed E-state index contributed by atoms with van der Waals surface area (Å²) in [5.74, 6) is 1.60. The van der Waals surface area contributed by atoms with E-state index in [9.17, 15) is 0 Å². The molecule has 0 saturated heterocycles. The van der Waals surface area contributed by atoms with Crippen LogP contribution in [0.15, 0.2) is 24.8 Å². The summed E-state index contributed by atoms with van der Waals surface area (Å²) in [5, 5.41) is 0. The first kappa shape index (κ1) is 13.8. The molecule has 0 N–H and O–H groups in total. The van der Waals surface area contributed by atoms with E-state index < -0.39 is 0 Å². The molecule has 0 saturated carbocycles. The summed E-state index contributed by atoms with van der Waals surface area (Å²) in [7, 11) is 0. The lowest BCUT2D eigenvalue weighted by atomic mass is 9.90. The van der Waals surface area contributed by atoms with E-state index in [1.165, 1.54) is 16.7 Å². The van der Waals surface area contributed by atoms with Gasteiger partial charge in [0.15, 0.2) is 0 Å². The Morgan fingerprint density at radius 2 is 2.00 bits per heavy atom. The second-order valence-electron chi connectivity index (χ2n) is 4.56. The van der Waals surface area contributed by atoms with Crippen molar-refractivity contribution in [3.05, 3.63) is 41.5 Å². The standard InChI is InChI=1S/C16H24O/c1-6-9-14(7-2)15-11-12(4)10-13(5)16(15)17-8-3/h6,10-11,14H,1,7-9H2,2-5H3. The average molecular weight is 232 g/mol. The summed E-state index contributed by atoms with van der Waals surface area (Å²) in [6.07, 6.45) is 4.13. The molecule has 0 spiro atoms. The van der Waals surface area contributed by atoms with E-state index in [2.05, 4.69) is 39.5 Å². The molecule has 1 nitrogen and oxygen atoms in total. The smallest absolute Gasteiger partial charge is 0.125 e. The van der Waals surface area contributed by atoms with Crippen LogP contribution in [0.3, 0.4) is 0 Å². The van der Waals surface area contributed by atoms with Gasteiger partial charge in [0.05, 0.1) is 6.61 Å². The molecule has 1 rings (SSSR count). The Kier molecular flexibility index (Phi) is 5.27. The summed E-state index contributed by atoms with van der Waals surface area (Å²) in [6.45, 7) is 13.1. The quantitative estimate of drug-likeness (QED) is 0.642. The molecule has 0 aliphatic heterocycles. The van der Waals surface area contributed by atoms with Gasteiger partial charge in [-0.2, -0.15) is 0 Å². The molecule has 1 unspecified atom stereocenters. The maximum absolute atomic E-state index is 5.82. The van der Waals surface area contributed by atoms with Gasteiger partial charge in [-0.25, -0.2) is 0 Å². The summed E-state index contributed by atoms with van der Waals surface area (Å²) < 4.78 is 5.82. The number of aryl methyl sites for hydroxylation is 2. The lowest BCUT2D eigenvalue weighted by Crippen LogP contribution is -2.04. The molecule has 0 heterocycles. The highest BCUT2D eigenvalue weighted by molar-refractivity contribution is 5.46. The van der Waals surface area contributed by atoms with Crippen molar-refractivity contribution in [2.45, 2.75) is 46.5 Å². The minimum atomic E-state index is 0.521. The number of hydrogen-bond acceptors (Lipinski definition) is 1. The van der Waals surface area contributed by atoms with Gasteiger partial charge in [-0.1, -0.05) is 30.7 Å². The fraction of sp³-hybridized carbons (Fsp3) is 0.500. The third-order valence-corrected chi connectivity index (χ3v) is 3.12. The lowest BCUT2D eigenvalue weighted by molar-refractivity contribution is 0.331. The van der Waals surface area contributed by atoms with E-state index in [0.29, 0.717) is 5.92 Å². The highest BCUT2D eigenvalue weighted by Crippen LogP contribution is 2.35. The van der Waals surface area contributed by atoms with Crippen LogP contribution in [0.2, 0.25) is 0 Å². The maximum atomic E-state index is 5.82. The fourth-order valence-corrected chi connectivity index (χ4v) is 2.35. The first-order chi connectivity index (χ1) is 8.13. The Hall–Kier alpha value is -1.24.